The fourth-order valence-electron chi connectivity index (χ4n) is 2.92. The standard InChI is InChI=1S/C21H21Cl2NO6S/c1-28-19-6-2-15(12-20(19)31(26,27)24-8-10-29-11-9-24)3-7-21(25)30-14-16-4-5-17(22)13-18(16)23/h2-7,12-13H,8-11,14H2,1H3. The molecule has 0 bridgehead atoms. The molecule has 0 aromatic heterocycles. The summed E-state index contributed by atoms with van der Waals surface area (Å²) in [5, 5.41) is 0.889. The lowest BCUT2D eigenvalue weighted by Crippen LogP contribution is -2.40. The molecule has 3 rings (SSSR count). The van der Waals surface area contributed by atoms with Crippen LogP contribution in [0.5, 0.6) is 5.75 Å². The molecule has 0 spiro atoms. The zero-order valence-electron chi connectivity index (χ0n) is 16.7. The Kier molecular flexibility index (Phi) is 7.96. The molecule has 7 nitrogen and oxygen atoms in total. The summed E-state index contributed by atoms with van der Waals surface area (Å²) in [6.45, 7) is 1.20. The first-order chi connectivity index (χ1) is 14.8. The van der Waals surface area contributed by atoms with Gasteiger partial charge in [-0.2, -0.15) is 4.31 Å². The molecule has 0 saturated carbocycles. The minimum atomic E-state index is -3.77. The zero-order chi connectivity index (χ0) is 22.4. The van der Waals surface area contributed by atoms with Gasteiger partial charge in [-0.25, -0.2) is 13.2 Å². The number of rotatable bonds is 7. The topological polar surface area (TPSA) is 82.1 Å². The second-order valence-corrected chi connectivity index (χ2v) is 9.35. The van der Waals surface area contributed by atoms with Gasteiger partial charge in [-0.15, -0.1) is 0 Å². The molecule has 0 unspecified atom stereocenters. The minimum absolute atomic E-state index is 0.0154. The normalized spacial score (nSPS) is 15.2. The van der Waals surface area contributed by atoms with Crippen molar-refractivity contribution in [1.29, 1.82) is 0 Å². The van der Waals surface area contributed by atoms with Crippen molar-refractivity contribution in [3.63, 3.8) is 0 Å². The van der Waals surface area contributed by atoms with Gasteiger partial charge in [-0.1, -0.05) is 35.3 Å². The van der Waals surface area contributed by atoms with Gasteiger partial charge in [-0.3, -0.25) is 0 Å². The Labute approximate surface area is 191 Å². The molecule has 1 aliphatic rings. The van der Waals surface area contributed by atoms with Crippen LogP contribution >= 0.6 is 23.2 Å². The Morgan fingerprint density at radius 2 is 1.90 bits per heavy atom. The molecule has 0 N–H and O–H groups in total. The van der Waals surface area contributed by atoms with Crippen LogP contribution in [-0.2, 0) is 30.9 Å². The van der Waals surface area contributed by atoms with Gasteiger partial charge in [0.2, 0.25) is 10.0 Å². The van der Waals surface area contributed by atoms with Gasteiger partial charge in [0, 0.05) is 34.8 Å². The predicted molar refractivity (Wildman–Crippen MR) is 118 cm³/mol. The summed E-state index contributed by atoms with van der Waals surface area (Å²) < 4.78 is 43.1. The molecule has 1 saturated heterocycles. The Morgan fingerprint density at radius 3 is 2.58 bits per heavy atom. The van der Waals surface area contributed by atoms with Crippen molar-refractivity contribution in [2.75, 3.05) is 33.4 Å². The average Bonchev–Trinajstić information content (AvgIpc) is 2.77. The molecular formula is C21H21Cl2NO6S. The summed E-state index contributed by atoms with van der Waals surface area (Å²) in [6.07, 6.45) is 2.69. The van der Waals surface area contributed by atoms with Crippen molar-refractivity contribution in [3.05, 3.63) is 63.6 Å². The lowest BCUT2D eigenvalue weighted by atomic mass is 10.2. The maximum atomic E-state index is 13.0. The number of methoxy groups -OCH3 is 1. The van der Waals surface area contributed by atoms with Gasteiger partial charge in [0.1, 0.15) is 17.3 Å². The lowest BCUT2D eigenvalue weighted by molar-refractivity contribution is -0.138. The largest absolute Gasteiger partial charge is 0.495 e. The quantitative estimate of drug-likeness (QED) is 0.438. The van der Waals surface area contributed by atoms with Crippen LogP contribution in [0.1, 0.15) is 11.1 Å². The van der Waals surface area contributed by atoms with E-state index in [1.54, 1.807) is 30.3 Å². The van der Waals surface area contributed by atoms with Gasteiger partial charge < -0.3 is 14.2 Å². The molecule has 2 aromatic carbocycles. The van der Waals surface area contributed by atoms with Crippen molar-refractivity contribution in [3.8, 4) is 5.75 Å². The lowest BCUT2D eigenvalue weighted by Gasteiger charge is -2.26. The molecule has 31 heavy (non-hydrogen) atoms. The van der Waals surface area contributed by atoms with E-state index in [1.807, 2.05) is 0 Å². The third-order valence-corrected chi connectivity index (χ3v) is 7.08. The van der Waals surface area contributed by atoms with Crippen LogP contribution in [0, 0.1) is 0 Å². The summed E-state index contributed by atoms with van der Waals surface area (Å²) >= 11 is 11.9. The van der Waals surface area contributed by atoms with Crippen molar-refractivity contribution in [1.82, 2.24) is 4.31 Å². The number of carbonyl (C=O) groups is 1. The Bertz CT molecular complexity index is 1080. The minimum Gasteiger partial charge on any atom is -0.495 e. The van der Waals surface area contributed by atoms with Gasteiger partial charge in [0.05, 0.1) is 20.3 Å². The van der Waals surface area contributed by atoms with Crippen LogP contribution in [-0.4, -0.2) is 52.1 Å². The fraction of sp³-hybridized carbons (Fsp3) is 0.286. The maximum Gasteiger partial charge on any atom is 0.331 e. The molecule has 0 atom stereocenters. The van der Waals surface area contributed by atoms with Crippen LogP contribution < -0.4 is 4.74 Å². The first-order valence-corrected chi connectivity index (χ1v) is 11.6. The summed E-state index contributed by atoms with van der Waals surface area (Å²) in [6, 6.07) is 9.55. The number of ether oxygens (including phenoxy) is 3. The van der Waals surface area contributed by atoms with E-state index < -0.39 is 16.0 Å². The third kappa shape index (κ3) is 5.99. The van der Waals surface area contributed by atoms with E-state index in [9.17, 15) is 13.2 Å². The molecule has 2 aromatic rings. The SMILES string of the molecule is COc1ccc(C=CC(=O)OCc2ccc(Cl)cc2Cl)cc1S(=O)(=O)N1CCOCC1. The highest BCUT2D eigenvalue weighted by Gasteiger charge is 2.29. The van der Waals surface area contributed by atoms with Crippen LogP contribution in [0.2, 0.25) is 10.0 Å². The highest BCUT2D eigenvalue weighted by Crippen LogP contribution is 2.29. The number of morpholine rings is 1. The number of halogens is 2. The van der Waals surface area contributed by atoms with E-state index in [4.69, 9.17) is 37.4 Å². The van der Waals surface area contributed by atoms with E-state index in [0.717, 1.165) is 0 Å². The number of nitrogens with zero attached hydrogens (tertiary/aromatic N) is 1. The number of sulfonamides is 1. The van der Waals surface area contributed by atoms with E-state index >= 15 is 0 Å². The van der Waals surface area contributed by atoms with Crippen molar-refractivity contribution in [2.45, 2.75) is 11.5 Å². The third-order valence-electron chi connectivity index (χ3n) is 4.57. The molecule has 0 radical (unpaired) electrons. The summed E-state index contributed by atoms with van der Waals surface area (Å²) in [5.74, 6) is -0.372. The van der Waals surface area contributed by atoms with E-state index in [0.29, 0.717) is 34.4 Å². The van der Waals surface area contributed by atoms with Gasteiger partial charge in [-0.05, 0) is 35.9 Å². The number of esters is 1. The van der Waals surface area contributed by atoms with Gasteiger partial charge >= 0.3 is 5.97 Å². The summed E-state index contributed by atoms with van der Waals surface area (Å²) in [5.41, 5.74) is 1.13. The Hall–Kier alpha value is -2.10. The van der Waals surface area contributed by atoms with Crippen LogP contribution in [0.15, 0.2) is 47.4 Å². The number of carbonyl (C=O) groups excluding carboxylic acids is 1. The second kappa shape index (κ2) is 10.5. The summed E-state index contributed by atoms with van der Waals surface area (Å²) in [7, 11) is -2.36. The highest BCUT2D eigenvalue weighted by atomic mass is 35.5. The monoisotopic (exact) mass is 485 g/mol. The Morgan fingerprint density at radius 1 is 1.16 bits per heavy atom. The first kappa shape index (κ1) is 23.6. The molecule has 1 aliphatic heterocycles. The van der Waals surface area contributed by atoms with Crippen LogP contribution in [0.25, 0.3) is 6.08 Å². The molecule has 0 amide bonds. The number of hydrogen-bond donors (Lipinski definition) is 0. The molecule has 1 fully saturated rings. The van der Waals surface area contributed by atoms with Crippen LogP contribution in [0.3, 0.4) is 0 Å². The van der Waals surface area contributed by atoms with E-state index in [-0.39, 0.29) is 30.3 Å². The van der Waals surface area contributed by atoms with E-state index in [2.05, 4.69) is 0 Å². The molecule has 10 heteroatoms. The molecular weight excluding hydrogens is 465 g/mol. The van der Waals surface area contributed by atoms with Crippen molar-refractivity contribution < 1.29 is 27.4 Å². The smallest absolute Gasteiger partial charge is 0.331 e. The fourth-order valence-corrected chi connectivity index (χ4v) is 4.99. The van der Waals surface area contributed by atoms with Crippen LogP contribution in [0.4, 0.5) is 0 Å². The van der Waals surface area contributed by atoms with Gasteiger partial charge in [0.15, 0.2) is 0 Å². The molecule has 166 valence electrons. The predicted octanol–water partition coefficient (Wildman–Crippen LogP) is 3.78. The zero-order valence-corrected chi connectivity index (χ0v) is 19.0. The summed E-state index contributed by atoms with van der Waals surface area (Å²) in [4.78, 5) is 12.1. The van der Waals surface area contributed by atoms with Gasteiger partial charge in [0.25, 0.3) is 0 Å². The van der Waals surface area contributed by atoms with E-state index in [1.165, 1.54) is 29.6 Å². The van der Waals surface area contributed by atoms with Crippen molar-refractivity contribution >= 4 is 45.3 Å². The number of hydrogen-bond acceptors (Lipinski definition) is 6. The Balaban J connectivity index is 1.73. The molecule has 0 aliphatic carbocycles. The average molecular weight is 486 g/mol. The second-order valence-electron chi connectivity index (χ2n) is 6.60. The van der Waals surface area contributed by atoms with Crippen molar-refractivity contribution in [2.24, 2.45) is 0 Å². The first-order valence-electron chi connectivity index (χ1n) is 9.36. The highest BCUT2D eigenvalue weighted by molar-refractivity contribution is 7.89. The maximum absolute atomic E-state index is 13.0. The number of benzene rings is 2. The molecule has 1 heterocycles.